The topological polar surface area (TPSA) is 63.5 Å². The summed E-state index contributed by atoms with van der Waals surface area (Å²) in [5.41, 5.74) is 3.47. The van der Waals surface area contributed by atoms with E-state index in [1.54, 1.807) is 24.8 Å². The molecule has 2 aromatic heterocycles. The highest BCUT2D eigenvalue weighted by molar-refractivity contribution is 7.21. The Balaban J connectivity index is 1.45. The Labute approximate surface area is 184 Å². The van der Waals surface area contributed by atoms with E-state index in [1.165, 1.54) is 5.56 Å². The normalized spacial score (nSPS) is 17.3. The predicted octanol–water partition coefficient (Wildman–Crippen LogP) is 4.15. The lowest BCUT2D eigenvalue weighted by molar-refractivity contribution is -0.119. The third-order valence-electron chi connectivity index (χ3n) is 6.29. The third-order valence-corrected chi connectivity index (χ3v) is 7.56. The molecule has 0 spiro atoms. The van der Waals surface area contributed by atoms with Gasteiger partial charge >= 0.3 is 0 Å². The second kappa shape index (κ2) is 6.95. The number of benzene rings is 1. The monoisotopic (exact) mass is 433 g/mol. The first kappa shape index (κ1) is 18.6. The first-order valence-corrected chi connectivity index (χ1v) is 11.4. The maximum atomic E-state index is 13.0. The molecule has 1 aromatic carbocycles. The molecule has 1 fully saturated rings. The van der Waals surface area contributed by atoms with E-state index in [1.807, 2.05) is 21.7 Å². The second-order valence-electron chi connectivity index (χ2n) is 8.28. The number of nitrogens with zero attached hydrogens (tertiary/aromatic N) is 5. The lowest BCUT2D eigenvalue weighted by Crippen LogP contribution is -2.35. The van der Waals surface area contributed by atoms with E-state index >= 15 is 0 Å². The maximum Gasteiger partial charge on any atom is 0.230 e. The van der Waals surface area contributed by atoms with Gasteiger partial charge in [-0.05, 0) is 43.4 Å². The van der Waals surface area contributed by atoms with Gasteiger partial charge in [0.25, 0.3) is 0 Å². The molecule has 31 heavy (non-hydrogen) atoms. The van der Waals surface area contributed by atoms with Crippen LogP contribution < -0.4 is 14.5 Å². The lowest BCUT2D eigenvalue weighted by atomic mass is 10.0. The van der Waals surface area contributed by atoms with Crippen molar-refractivity contribution in [3.05, 3.63) is 48.3 Å². The average Bonchev–Trinajstić information content (AvgIpc) is 3.40. The minimum Gasteiger partial charge on any atom is -0.497 e. The second-order valence-corrected chi connectivity index (χ2v) is 9.26. The van der Waals surface area contributed by atoms with Crippen LogP contribution in [0, 0.1) is 5.92 Å². The molecule has 158 valence electrons. The van der Waals surface area contributed by atoms with Crippen LogP contribution in [-0.2, 0) is 17.8 Å². The number of carbonyl (C=O) groups excluding carboxylic acids is 1. The van der Waals surface area contributed by atoms with Crippen molar-refractivity contribution < 1.29 is 9.53 Å². The SMILES string of the molecule is C=C1N(Cc2ccc(OC)cc2)c2sc3c(c2-c2ncnn21)CCCN3C(=O)C1CC1. The number of fused-ring (bicyclic) bond motifs is 5. The Bertz CT molecular complexity index is 1190. The van der Waals surface area contributed by atoms with E-state index in [0.29, 0.717) is 6.54 Å². The molecule has 2 aliphatic heterocycles. The number of anilines is 2. The number of methoxy groups -OCH3 is 1. The van der Waals surface area contributed by atoms with Crippen LogP contribution >= 0.6 is 11.3 Å². The predicted molar refractivity (Wildman–Crippen MR) is 121 cm³/mol. The molecular formula is C23H23N5O2S. The van der Waals surface area contributed by atoms with Crippen LogP contribution in [0.2, 0.25) is 0 Å². The molecule has 0 atom stereocenters. The molecule has 6 rings (SSSR count). The molecule has 0 saturated heterocycles. The van der Waals surface area contributed by atoms with Crippen molar-refractivity contribution in [1.29, 1.82) is 0 Å². The highest BCUT2D eigenvalue weighted by Gasteiger charge is 2.40. The summed E-state index contributed by atoms with van der Waals surface area (Å²) >= 11 is 1.69. The Morgan fingerprint density at radius 3 is 2.81 bits per heavy atom. The summed E-state index contributed by atoms with van der Waals surface area (Å²) in [4.78, 5) is 21.8. The highest BCUT2D eigenvalue weighted by atomic mass is 32.1. The molecule has 8 heteroatoms. The van der Waals surface area contributed by atoms with Crippen molar-refractivity contribution in [2.75, 3.05) is 23.5 Å². The third kappa shape index (κ3) is 2.89. The molecule has 4 heterocycles. The summed E-state index contributed by atoms with van der Waals surface area (Å²) < 4.78 is 7.12. The molecule has 1 aliphatic carbocycles. The van der Waals surface area contributed by atoms with Crippen molar-refractivity contribution in [2.24, 2.45) is 5.92 Å². The van der Waals surface area contributed by atoms with E-state index in [4.69, 9.17) is 4.74 Å². The molecule has 1 saturated carbocycles. The summed E-state index contributed by atoms with van der Waals surface area (Å²) in [5, 5.41) is 6.62. The van der Waals surface area contributed by atoms with Gasteiger partial charge in [0.1, 0.15) is 27.9 Å². The highest BCUT2D eigenvalue weighted by Crippen LogP contribution is 2.53. The van der Waals surface area contributed by atoms with E-state index in [2.05, 4.69) is 33.7 Å². The maximum absolute atomic E-state index is 13.0. The summed E-state index contributed by atoms with van der Waals surface area (Å²) in [6.07, 6.45) is 5.55. The number of amides is 1. The molecule has 0 unspecified atom stereocenters. The number of ether oxygens (including phenoxy) is 1. The molecule has 0 N–H and O–H groups in total. The van der Waals surface area contributed by atoms with Gasteiger partial charge in [-0.25, -0.2) is 4.98 Å². The smallest absolute Gasteiger partial charge is 0.230 e. The Hall–Kier alpha value is -3.13. The zero-order chi connectivity index (χ0) is 21.1. The van der Waals surface area contributed by atoms with Gasteiger partial charge in [-0.1, -0.05) is 30.0 Å². The van der Waals surface area contributed by atoms with Crippen LogP contribution in [0.15, 0.2) is 37.2 Å². The molecular weight excluding hydrogens is 410 g/mol. The van der Waals surface area contributed by atoms with Crippen molar-refractivity contribution in [3.63, 3.8) is 0 Å². The van der Waals surface area contributed by atoms with Gasteiger partial charge in [-0.2, -0.15) is 9.78 Å². The molecule has 3 aromatic rings. The van der Waals surface area contributed by atoms with Crippen LogP contribution in [0.5, 0.6) is 5.75 Å². The molecule has 7 nitrogen and oxygen atoms in total. The van der Waals surface area contributed by atoms with E-state index in [0.717, 1.165) is 70.8 Å². The van der Waals surface area contributed by atoms with Crippen LogP contribution in [0.4, 0.5) is 10.0 Å². The van der Waals surface area contributed by atoms with Crippen LogP contribution in [0.25, 0.3) is 17.2 Å². The number of hydrogen-bond acceptors (Lipinski definition) is 6. The summed E-state index contributed by atoms with van der Waals surface area (Å²) in [5.74, 6) is 2.92. The number of rotatable bonds is 4. The summed E-state index contributed by atoms with van der Waals surface area (Å²) in [6.45, 7) is 5.78. The minimum absolute atomic E-state index is 0.207. The van der Waals surface area contributed by atoms with Crippen LogP contribution in [-0.4, -0.2) is 34.3 Å². The Morgan fingerprint density at radius 1 is 1.26 bits per heavy atom. The molecule has 3 aliphatic rings. The number of aromatic nitrogens is 3. The first-order chi connectivity index (χ1) is 15.2. The number of thiophene rings is 1. The van der Waals surface area contributed by atoms with E-state index in [-0.39, 0.29) is 11.8 Å². The Kier molecular flexibility index (Phi) is 4.17. The van der Waals surface area contributed by atoms with Gasteiger partial charge in [0, 0.05) is 18.0 Å². The molecule has 1 amide bonds. The van der Waals surface area contributed by atoms with Crippen molar-refractivity contribution in [2.45, 2.75) is 32.2 Å². The summed E-state index contributed by atoms with van der Waals surface area (Å²) in [6, 6.07) is 8.08. The standard InChI is InChI=1S/C23H23N5O2S/c1-14-27(12-15-5-9-17(30-2)10-6-15)23-19(20-24-13-25-28(14)20)18-4-3-11-26(22(18)31-23)21(29)16-7-8-16/h5-6,9-10,13,16H,1,3-4,7-8,11-12H2,2H3. The quantitative estimate of drug-likeness (QED) is 0.618. The minimum atomic E-state index is 0.207. The number of carbonyl (C=O) groups is 1. The first-order valence-electron chi connectivity index (χ1n) is 10.6. The largest absolute Gasteiger partial charge is 0.497 e. The molecule has 0 radical (unpaired) electrons. The van der Waals surface area contributed by atoms with E-state index < -0.39 is 0 Å². The van der Waals surface area contributed by atoms with E-state index in [9.17, 15) is 4.79 Å². The van der Waals surface area contributed by atoms with Crippen molar-refractivity contribution in [1.82, 2.24) is 14.8 Å². The fourth-order valence-corrected chi connectivity index (χ4v) is 5.89. The molecule has 0 bridgehead atoms. The average molecular weight is 434 g/mol. The van der Waals surface area contributed by atoms with Crippen molar-refractivity contribution >= 4 is 33.1 Å². The zero-order valence-electron chi connectivity index (χ0n) is 17.4. The van der Waals surface area contributed by atoms with Gasteiger partial charge in [-0.3, -0.25) is 4.79 Å². The van der Waals surface area contributed by atoms with Gasteiger partial charge < -0.3 is 14.5 Å². The fraction of sp³-hybridized carbons (Fsp3) is 0.348. The van der Waals surface area contributed by atoms with Crippen molar-refractivity contribution in [3.8, 4) is 17.1 Å². The van der Waals surface area contributed by atoms with Gasteiger partial charge in [0.05, 0.1) is 19.2 Å². The van der Waals surface area contributed by atoms with Crippen LogP contribution in [0.3, 0.4) is 0 Å². The van der Waals surface area contributed by atoms with Gasteiger partial charge in [0.15, 0.2) is 5.82 Å². The Morgan fingerprint density at radius 2 is 2.06 bits per heavy atom. The zero-order valence-corrected chi connectivity index (χ0v) is 18.2. The lowest BCUT2D eigenvalue weighted by Gasteiger charge is -2.31. The van der Waals surface area contributed by atoms with Gasteiger partial charge in [-0.15, -0.1) is 0 Å². The summed E-state index contributed by atoms with van der Waals surface area (Å²) in [7, 11) is 1.67. The van der Waals surface area contributed by atoms with Gasteiger partial charge in [0.2, 0.25) is 5.91 Å². The van der Waals surface area contributed by atoms with Crippen LogP contribution in [0.1, 0.15) is 30.4 Å². The fourth-order valence-electron chi connectivity index (χ4n) is 4.50. The number of hydrogen-bond donors (Lipinski definition) is 0.